The first-order valence-electron chi connectivity index (χ1n) is 9.69. The number of rotatable bonds is 4. The monoisotopic (exact) mass is 426 g/mol. The van der Waals surface area contributed by atoms with E-state index in [4.69, 9.17) is 11.6 Å². The third-order valence-electron chi connectivity index (χ3n) is 6.15. The van der Waals surface area contributed by atoms with Gasteiger partial charge in [-0.1, -0.05) is 29.8 Å². The zero-order valence-corrected chi connectivity index (χ0v) is 17.9. The van der Waals surface area contributed by atoms with Gasteiger partial charge in [0.2, 0.25) is 15.9 Å². The van der Waals surface area contributed by atoms with Crippen molar-refractivity contribution in [1.29, 1.82) is 0 Å². The molecular weight excluding hydrogens is 400 g/mol. The number of piperidine rings is 1. The minimum absolute atomic E-state index is 0.0243. The number of amides is 1. The van der Waals surface area contributed by atoms with Gasteiger partial charge in [0.05, 0.1) is 6.26 Å². The highest BCUT2D eigenvalue weighted by Crippen LogP contribution is 2.43. The zero-order valence-electron chi connectivity index (χ0n) is 16.4. The average molecular weight is 427 g/mol. The Morgan fingerprint density at radius 2 is 1.86 bits per heavy atom. The van der Waals surface area contributed by atoms with Gasteiger partial charge in [0.1, 0.15) is 5.54 Å². The number of halogens is 1. The fraction of sp³-hybridized carbons (Fsp3) is 0.600. The molecule has 1 amide bonds. The standard InChI is InChI=1S/C20H27ClN2O4S/c1-22(19(25)15-10-13-23(14-11-15)28(2,26)27)20(12-6-5-9-18(20)24)16-7-3-4-8-17(16)21/h3-4,7-8,15H,5-6,9-14H2,1-2H3. The lowest BCUT2D eigenvalue weighted by Gasteiger charge is -2.45. The van der Waals surface area contributed by atoms with E-state index in [9.17, 15) is 18.0 Å². The summed E-state index contributed by atoms with van der Waals surface area (Å²) in [4.78, 5) is 28.1. The molecule has 1 aromatic carbocycles. The molecule has 2 fully saturated rings. The summed E-state index contributed by atoms with van der Waals surface area (Å²) in [5.74, 6) is -0.378. The summed E-state index contributed by atoms with van der Waals surface area (Å²) in [6.07, 6.45) is 4.76. The summed E-state index contributed by atoms with van der Waals surface area (Å²) < 4.78 is 24.9. The normalized spacial score (nSPS) is 24.9. The van der Waals surface area contributed by atoms with Gasteiger partial charge in [0, 0.05) is 43.1 Å². The number of Topliss-reactive ketones (excluding diaryl/α,β-unsaturated/α-hetero) is 1. The molecule has 28 heavy (non-hydrogen) atoms. The van der Waals surface area contributed by atoms with Gasteiger partial charge >= 0.3 is 0 Å². The first-order chi connectivity index (χ1) is 13.2. The van der Waals surface area contributed by atoms with E-state index < -0.39 is 15.6 Å². The highest BCUT2D eigenvalue weighted by molar-refractivity contribution is 7.88. The lowest BCUT2D eigenvalue weighted by molar-refractivity contribution is -0.151. The highest BCUT2D eigenvalue weighted by atomic mass is 35.5. The van der Waals surface area contributed by atoms with Gasteiger partial charge in [0.15, 0.2) is 5.78 Å². The van der Waals surface area contributed by atoms with E-state index in [1.807, 2.05) is 18.2 Å². The highest BCUT2D eigenvalue weighted by Gasteiger charge is 2.49. The summed E-state index contributed by atoms with van der Waals surface area (Å²) in [6, 6.07) is 7.24. The number of hydrogen-bond donors (Lipinski definition) is 0. The Labute approximate surface area is 171 Å². The molecule has 1 heterocycles. The topological polar surface area (TPSA) is 74.8 Å². The van der Waals surface area contributed by atoms with Gasteiger partial charge < -0.3 is 4.90 Å². The third-order valence-corrected chi connectivity index (χ3v) is 7.78. The van der Waals surface area contributed by atoms with Crippen LogP contribution in [-0.2, 0) is 25.2 Å². The molecule has 154 valence electrons. The first kappa shape index (κ1) is 21.3. The van der Waals surface area contributed by atoms with Gasteiger partial charge in [-0.25, -0.2) is 12.7 Å². The van der Waals surface area contributed by atoms with Crippen molar-refractivity contribution in [2.75, 3.05) is 26.4 Å². The summed E-state index contributed by atoms with van der Waals surface area (Å²) in [5, 5.41) is 0.490. The van der Waals surface area contributed by atoms with Crippen LogP contribution in [0.5, 0.6) is 0 Å². The second kappa shape index (κ2) is 8.13. The number of carbonyl (C=O) groups excluding carboxylic acids is 2. The van der Waals surface area contributed by atoms with Gasteiger partial charge in [-0.05, 0) is 38.2 Å². The molecule has 2 aliphatic rings. The van der Waals surface area contributed by atoms with E-state index in [1.165, 1.54) is 10.6 Å². The number of hydrogen-bond acceptors (Lipinski definition) is 4. The summed E-state index contributed by atoms with van der Waals surface area (Å²) in [7, 11) is -1.56. The maximum atomic E-state index is 13.4. The van der Waals surface area contributed by atoms with E-state index in [2.05, 4.69) is 0 Å². The van der Waals surface area contributed by atoms with Crippen LogP contribution >= 0.6 is 11.6 Å². The second-order valence-electron chi connectivity index (χ2n) is 7.80. The van der Waals surface area contributed by atoms with Crippen molar-refractivity contribution in [3.63, 3.8) is 0 Å². The van der Waals surface area contributed by atoms with Gasteiger partial charge in [-0.15, -0.1) is 0 Å². The van der Waals surface area contributed by atoms with Crippen LogP contribution < -0.4 is 0 Å². The predicted octanol–water partition coefficient (Wildman–Crippen LogP) is 2.81. The molecule has 8 heteroatoms. The Hall–Kier alpha value is -1.44. The minimum atomic E-state index is -3.25. The van der Waals surface area contributed by atoms with Crippen molar-refractivity contribution in [2.24, 2.45) is 5.92 Å². The molecule has 1 aliphatic heterocycles. The number of ketones is 1. The molecule has 3 rings (SSSR count). The minimum Gasteiger partial charge on any atom is -0.329 e. The maximum Gasteiger partial charge on any atom is 0.226 e. The van der Waals surface area contributed by atoms with Crippen LogP contribution in [-0.4, -0.2) is 55.7 Å². The predicted molar refractivity (Wildman–Crippen MR) is 109 cm³/mol. The van der Waals surface area contributed by atoms with E-state index in [-0.39, 0.29) is 17.6 Å². The van der Waals surface area contributed by atoms with E-state index >= 15 is 0 Å². The molecule has 0 spiro atoms. The van der Waals surface area contributed by atoms with Crippen LogP contribution in [0.1, 0.15) is 44.1 Å². The van der Waals surface area contributed by atoms with Crippen LogP contribution in [0.3, 0.4) is 0 Å². The molecule has 1 saturated carbocycles. The van der Waals surface area contributed by atoms with Crippen LogP contribution in [0.15, 0.2) is 24.3 Å². The quantitative estimate of drug-likeness (QED) is 0.741. The van der Waals surface area contributed by atoms with Crippen molar-refractivity contribution in [1.82, 2.24) is 9.21 Å². The van der Waals surface area contributed by atoms with Crippen LogP contribution in [0.4, 0.5) is 0 Å². The van der Waals surface area contributed by atoms with E-state index in [0.717, 1.165) is 12.8 Å². The van der Waals surface area contributed by atoms with Crippen molar-refractivity contribution in [3.05, 3.63) is 34.9 Å². The van der Waals surface area contributed by atoms with Gasteiger partial charge in [-0.3, -0.25) is 9.59 Å². The van der Waals surface area contributed by atoms with E-state index in [1.54, 1.807) is 18.0 Å². The Bertz CT molecular complexity index is 865. The number of sulfonamides is 1. The van der Waals surface area contributed by atoms with Crippen LogP contribution in [0, 0.1) is 5.92 Å². The Balaban J connectivity index is 1.89. The number of likely N-dealkylation sites (N-methyl/N-ethyl adjacent to an activating group) is 1. The summed E-state index contributed by atoms with van der Waals surface area (Å²) >= 11 is 6.45. The first-order valence-corrected chi connectivity index (χ1v) is 11.9. The number of benzene rings is 1. The number of nitrogens with zero attached hydrogens (tertiary/aromatic N) is 2. The van der Waals surface area contributed by atoms with E-state index in [0.29, 0.717) is 49.4 Å². The Morgan fingerprint density at radius 1 is 1.21 bits per heavy atom. The molecule has 6 nitrogen and oxygen atoms in total. The molecule has 1 aromatic rings. The van der Waals surface area contributed by atoms with Crippen LogP contribution in [0.2, 0.25) is 5.02 Å². The van der Waals surface area contributed by atoms with Crippen molar-refractivity contribution in [3.8, 4) is 0 Å². The van der Waals surface area contributed by atoms with Gasteiger partial charge in [-0.2, -0.15) is 0 Å². The lowest BCUT2D eigenvalue weighted by Crippen LogP contribution is -2.56. The Kier molecular flexibility index (Phi) is 6.17. The third kappa shape index (κ3) is 3.84. The molecule has 0 radical (unpaired) electrons. The molecule has 1 aliphatic carbocycles. The SMILES string of the molecule is CN(C(=O)C1CCN(S(C)(=O)=O)CC1)C1(c2ccccc2Cl)CCCCC1=O. The lowest BCUT2D eigenvalue weighted by atomic mass is 9.73. The molecule has 1 atom stereocenters. The molecule has 1 unspecified atom stereocenters. The van der Waals surface area contributed by atoms with Gasteiger partial charge in [0.25, 0.3) is 0 Å². The average Bonchev–Trinajstić information content (AvgIpc) is 2.67. The Morgan fingerprint density at radius 3 is 2.43 bits per heavy atom. The number of carbonyl (C=O) groups is 2. The molecule has 0 N–H and O–H groups in total. The van der Waals surface area contributed by atoms with Crippen LogP contribution in [0.25, 0.3) is 0 Å². The molecule has 0 bridgehead atoms. The fourth-order valence-electron chi connectivity index (χ4n) is 4.53. The molecular formula is C20H27ClN2O4S. The summed E-state index contributed by atoms with van der Waals surface area (Å²) in [5.41, 5.74) is -0.354. The van der Waals surface area contributed by atoms with Crippen molar-refractivity contribution in [2.45, 2.75) is 44.1 Å². The van der Waals surface area contributed by atoms with Crippen molar-refractivity contribution < 1.29 is 18.0 Å². The zero-order chi connectivity index (χ0) is 20.5. The maximum absolute atomic E-state index is 13.4. The molecule has 1 saturated heterocycles. The van der Waals surface area contributed by atoms with Crippen molar-refractivity contribution >= 4 is 33.3 Å². The summed E-state index contributed by atoms with van der Waals surface area (Å²) in [6.45, 7) is 0.659. The fourth-order valence-corrected chi connectivity index (χ4v) is 5.69. The largest absolute Gasteiger partial charge is 0.329 e. The second-order valence-corrected chi connectivity index (χ2v) is 10.2. The smallest absolute Gasteiger partial charge is 0.226 e. The molecule has 0 aromatic heterocycles.